The lowest BCUT2D eigenvalue weighted by atomic mass is 10.1. The summed E-state index contributed by atoms with van der Waals surface area (Å²) in [7, 11) is 0. The van der Waals surface area contributed by atoms with Crippen molar-refractivity contribution in [2.45, 2.75) is 6.92 Å². The van der Waals surface area contributed by atoms with Crippen molar-refractivity contribution in [2.24, 2.45) is 0 Å². The van der Waals surface area contributed by atoms with E-state index in [0.29, 0.717) is 0 Å². The van der Waals surface area contributed by atoms with Gasteiger partial charge in [-0.25, -0.2) is 0 Å². The third kappa shape index (κ3) is 1.56. The molecule has 2 heteroatoms. The first-order chi connectivity index (χ1) is 6.38. The van der Waals surface area contributed by atoms with Crippen molar-refractivity contribution in [1.29, 1.82) is 0 Å². The molecule has 0 saturated carbocycles. The molecule has 2 aromatic rings. The fourth-order valence-electron chi connectivity index (χ4n) is 1.24. The minimum atomic E-state index is 0.979. The van der Waals surface area contributed by atoms with Crippen LogP contribution in [0.3, 0.4) is 0 Å². The van der Waals surface area contributed by atoms with Gasteiger partial charge in [0.05, 0.1) is 5.69 Å². The first-order valence-corrected chi connectivity index (χ1v) is 4.11. The monoisotopic (exact) mass is 169 g/mol. The van der Waals surface area contributed by atoms with E-state index >= 15 is 0 Å². The molecule has 0 N–H and O–H groups in total. The molecule has 2 aromatic heterocycles. The Bertz CT molecular complexity index is 396. The van der Waals surface area contributed by atoms with Crippen LogP contribution in [0.1, 0.15) is 5.56 Å². The molecule has 13 heavy (non-hydrogen) atoms. The molecule has 0 aromatic carbocycles. The molecule has 0 aliphatic carbocycles. The van der Waals surface area contributed by atoms with Crippen LogP contribution in [-0.2, 0) is 0 Å². The molecule has 63 valence electrons. The number of aromatic nitrogens is 2. The Balaban J connectivity index is 2.54. The average Bonchev–Trinajstić information content (AvgIpc) is 2.20. The summed E-state index contributed by atoms with van der Waals surface area (Å²) in [5, 5.41) is 0. The van der Waals surface area contributed by atoms with E-state index in [2.05, 4.69) is 16.0 Å². The van der Waals surface area contributed by atoms with E-state index in [1.54, 1.807) is 12.4 Å². The van der Waals surface area contributed by atoms with Crippen LogP contribution in [0, 0.1) is 13.0 Å². The van der Waals surface area contributed by atoms with E-state index in [4.69, 9.17) is 0 Å². The van der Waals surface area contributed by atoms with Crippen LogP contribution in [-0.4, -0.2) is 9.97 Å². The Morgan fingerprint density at radius 2 is 2.31 bits per heavy atom. The highest BCUT2D eigenvalue weighted by atomic mass is 14.7. The zero-order chi connectivity index (χ0) is 9.10. The number of pyridine rings is 2. The summed E-state index contributed by atoms with van der Waals surface area (Å²) >= 11 is 0. The van der Waals surface area contributed by atoms with E-state index in [1.807, 2.05) is 31.3 Å². The van der Waals surface area contributed by atoms with Gasteiger partial charge in [0.25, 0.3) is 0 Å². The SMILES string of the molecule is Cc1c[c]cnc1-c1cccnc1. The van der Waals surface area contributed by atoms with Crippen LogP contribution < -0.4 is 0 Å². The van der Waals surface area contributed by atoms with Crippen molar-refractivity contribution < 1.29 is 0 Å². The molecule has 0 amide bonds. The molecule has 2 rings (SSSR count). The molecule has 0 fully saturated rings. The van der Waals surface area contributed by atoms with Gasteiger partial charge in [0.1, 0.15) is 0 Å². The summed E-state index contributed by atoms with van der Waals surface area (Å²) in [5.74, 6) is 0. The maximum Gasteiger partial charge on any atom is 0.0747 e. The summed E-state index contributed by atoms with van der Waals surface area (Å²) in [6.07, 6.45) is 5.25. The van der Waals surface area contributed by atoms with Gasteiger partial charge >= 0.3 is 0 Å². The van der Waals surface area contributed by atoms with Crippen LogP contribution in [0.25, 0.3) is 11.3 Å². The number of nitrogens with zero attached hydrogens (tertiary/aromatic N) is 2. The maximum atomic E-state index is 4.25. The molecule has 0 unspecified atom stereocenters. The summed E-state index contributed by atoms with van der Waals surface area (Å²) in [5.41, 5.74) is 3.15. The van der Waals surface area contributed by atoms with Crippen LogP contribution in [0.4, 0.5) is 0 Å². The largest absolute Gasteiger partial charge is 0.264 e. The minimum Gasteiger partial charge on any atom is -0.264 e. The van der Waals surface area contributed by atoms with Gasteiger partial charge in [0, 0.05) is 30.2 Å². The van der Waals surface area contributed by atoms with Crippen molar-refractivity contribution in [2.75, 3.05) is 0 Å². The highest BCUT2D eigenvalue weighted by Gasteiger charge is 2.00. The van der Waals surface area contributed by atoms with Gasteiger partial charge in [-0.15, -0.1) is 0 Å². The highest BCUT2D eigenvalue weighted by Crippen LogP contribution is 2.18. The normalized spacial score (nSPS) is 9.92. The molecule has 2 nitrogen and oxygen atoms in total. The second-order valence-electron chi connectivity index (χ2n) is 2.84. The number of hydrogen-bond acceptors (Lipinski definition) is 2. The molecular weight excluding hydrogens is 160 g/mol. The number of hydrogen-bond donors (Lipinski definition) is 0. The summed E-state index contributed by atoms with van der Waals surface area (Å²) in [4.78, 5) is 8.30. The predicted molar refractivity (Wildman–Crippen MR) is 51.0 cm³/mol. The maximum absolute atomic E-state index is 4.25. The van der Waals surface area contributed by atoms with Gasteiger partial charge in [-0.1, -0.05) is 0 Å². The highest BCUT2D eigenvalue weighted by molar-refractivity contribution is 5.60. The predicted octanol–water partition coefficient (Wildman–Crippen LogP) is 2.25. The number of aryl methyl sites for hydroxylation is 1. The van der Waals surface area contributed by atoms with Gasteiger partial charge in [0.15, 0.2) is 0 Å². The van der Waals surface area contributed by atoms with Crippen LogP contribution >= 0.6 is 0 Å². The van der Waals surface area contributed by atoms with Crippen molar-refractivity contribution in [1.82, 2.24) is 9.97 Å². The zero-order valence-electron chi connectivity index (χ0n) is 7.36. The van der Waals surface area contributed by atoms with E-state index in [-0.39, 0.29) is 0 Å². The summed E-state index contributed by atoms with van der Waals surface area (Å²) < 4.78 is 0. The Morgan fingerprint density at radius 1 is 1.38 bits per heavy atom. The second-order valence-corrected chi connectivity index (χ2v) is 2.84. The molecule has 0 atom stereocenters. The van der Waals surface area contributed by atoms with E-state index < -0.39 is 0 Å². The second kappa shape index (κ2) is 3.35. The van der Waals surface area contributed by atoms with E-state index in [1.165, 1.54) is 0 Å². The Kier molecular flexibility index (Phi) is 2.04. The molecule has 0 saturated heterocycles. The third-order valence-corrected chi connectivity index (χ3v) is 1.88. The topological polar surface area (TPSA) is 25.8 Å². The molecule has 1 radical (unpaired) electrons. The molecule has 0 spiro atoms. The lowest BCUT2D eigenvalue weighted by Crippen LogP contribution is -1.87. The smallest absolute Gasteiger partial charge is 0.0747 e. The van der Waals surface area contributed by atoms with Crippen LogP contribution in [0.15, 0.2) is 36.8 Å². The average molecular weight is 169 g/mol. The van der Waals surface area contributed by atoms with Gasteiger partial charge in [-0.05, 0) is 30.7 Å². The summed E-state index contributed by atoms with van der Waals surface area (Å²) in [6, 6.07) is 8.78. The van der Waals surface area contributed by atoms with Gasteiger partial charge in [-0.3, -0.25) is 9.97 Å². The van der Waals surface area contributed by atoms with E-state index in [9.17, 15) is 0 Å². The first-order valence-electron chi connectivity index (χ1n) is 4.11. The standard InChI is InChI=1S/C11H9N2/c1-9-4-2-7-13-11(9)10-5-3-6-12-8-10/h3-8H,1H3. The minimum absolute atomic E-state index is 0.979. The molecular formula is C11H9N2. The lowest BCUT2D eigenvalue weighted by Gasteiger charge is -2.02. The molecule has 2 heterocycles. The number of rotatable bonds is 1. The van der Waals surface area contributed by atoms with Crippen LogP contribution in [0.5, 0.6) is 0 Å². The van der Waals surface area contributed by atoms with Gasteiger partial charge in [0.2, 0.25) is 0 Å². The molecule has 0 aliphatic heterocycles. The van der Waals surface area contributed by atoms with Crippen molar-refractivity contribution >= 4 is 0 Å². The zero-order valence-corrected chi connectivity index (χ0v) is 7.36. The van der Waals surface area contributed by atoms with Crippen molar-refractivity contribution in [3.8, 4) is 11.3 Å². The first kappa shape index (κ1) is 7.92. The Hall–Kier alpha value is -1.70. The fourth-order valence-corrected chi connectivity index (χ4v) is 1.24. The Labute approximate surface area is 77.3 Å². The van der Waals surface area contributed by atoms with Crippen molar-refractivity contribution in [3.05, 3.63) is 48.4 Å². The summed E-state index contributed by atoms with van der Waals surface area (Å²) in [6.45, 7) is 2.02. The van der Waals surface area contributed by atoms with Crippen molar-refractivity contribution in [3.63, 3.8) is 0 Å². The Morgan fingerprint density at radius 3 is 3.00 bits per heavy atom. The van der Waals surface area contributed by atoms with Gasteiger partial charge < -0.3 is 0 Å². The lowest BCUT2D eigenvalue weighted by molar-refractivity contribution is 1.24. The molecule has 0 bridgehead atoms. The van der Waals surface area contributed by atoms with Crippen LogP contribution in [0.2, 0.25) is 0 Å². The molecule has 0 aliphatic rings. The van der Waals surface area contributed by atoms with Gasteiger partial charge in [-0.2, -0.15) is 0 Å². The third-order valence-electron chi connectivity index (χ3n) is 1.88. The van der Waals surface area contributed by atoms with E-state index in [0.717, 1.165) is 16.8 Å². The fraction of sp³-hybridized carbons (Fsp3) is 0.0909. The quantitative estimate of drug-likeness (QED) is 0.654.